The Hall–Kier alpha value is -3.03. The first-order valence-electron chi connectivity index (χ1n) is 10.7. The number of amides is 1. The number of terminal acetylenes is 1. The highest BCUT2D eigenvalue weighted by Gasteiger charge is 2.38. The van der Waals surface area contributed by atoms with Crippen LogP contribution >= 0.6 is 0 Å². The van der Waals surface area contributed by atoms with Crippen molar-refractivity contribution in [3.05, 3.63) is 70.9 Å². The number of fused-ring (bicyclic) bond motifs is 3. The fraction of sp³-hybridized carbons (Fsp3) is 0.346. The first-order chi connectivity index (χ1) is 14.7. The van der Waals surface area contributed by atoms with Gasteiger partial charge in [0, 0.05) is 35.9 Å². The number of nitrogens with zero attached hydrogens (tertiary/aromatic N) is 1. The lowest BCUT2D eigenvalue weighted by molar-refractivity contribution is -0.129. The van der Waals surface area contributed by atoms with Crippen LogP contribution in [0, 0.1) is 12.3 Å². The lowest BCUT2D eigenvalue weighted by Gasteiger charge is -2.40. The van der Waals surface area contributed by atoms with Crippen LogP contribution in [-0.2, 0) is 16.0 Å². The second-order valence-electron chi connectivity index (χ2n) is 8.43. The van der Waals surface area contributed by atoms with Crippen LogP contribution in [0.3, 0.4) is 0 Å². The van der Waals surface area contributed by atoms with E-state index >= 15 is 0 Å². The molecule has 1 saturated heterocycles. The Balaban J connectivity index is 1.60. The van der Waals surface area contributed by atoms with Crippen LogP contribution in [0.5, 0.6) is 0 Å². The number of carbonyl (C=O) groups excluding carboxylic acids is 1. The van der Waals surface area contributed by atoms with E-state index in [4.69, 9.17) is 11.2 Å². The summed E-state index contributed by atoms with van der Waals surface area (Å²) in [6.07, 6.45) is 8.48. The molecule has 1 fully saturated rings. The largest absolute Gasteiger partial charge is 0.381 e. The topological polar surface area (TPSA) is 45.3 Å². The molecule has 2 aliphatic heterocycles. The number of ether oxygens (including phenoxy) is 1. The monoisotopic (exact) mass is 398 g/mol. The van der Waals surface area contributed by atoms with Crippen molar-refractivity contribution < 1.29 is 9.53 Å². The lowest BCUT2D eigenvalue weighted by Crippen LogP contribution is -2.45. The Labute approximate surface area is 177 Å². The van der Waals surface area contributed by atoms with Gasteiger partial charge in [0.2, 0.25) is 0 Å². The van der Waals surface area contributed by atoms with Crippen LogP contribution < -0.4 is 0 Å². The van der Waals surface area contributed by atoms with Gasteiger partial charge < -0.3 is 14.6 Å². The number of aromatic amines is 1. The standard InChI is InChI=1S/C26H26N2O2/c1-3-24(29)28-17(2)16-22-21-6-4-5-7-23(21)27-25(22)26(28)20-10-8-18(9-11-20)19-12-14-30-15-13-19/h1,4-11,17,19,26-27H,12-16H2,2H3/t17-,26-/m0/s1. The average molecular weight is 399 g/mol. The highest BCUT2D eigenvalue weighted by atomic mass is 16.5. The smallest absolute Gasteiger partial charge is 0.299 e. The molecular weight excluding hydrogens is 372 g/mol. The van der Waals surface area contributed by atoms with Gasteiger partial charge in [-0.05, 0) is 60.8 Å². The molecule has 0 aliphatic carbocycles. The maximum Gasteiger partial charge on any atom is 0.299 e. The van der Waals surface area contributed by atoms with Gasteiger partial charge in [-0.2, -0.15) is 0 Å². The van der Waals surface area contributed by atoms with Crippen LogP contribution in [0.2, 0.25) is 0 Å². The Morgan fingerprint density at radius 1 is 1.10 bits per heavy atom. The normalized spacial score (nSPS) is 21.9. The quantitative estimate of drug-likeness (QED) is 0.644. The summed E-state index contributed by atoms with van der Waals surface area (Å²) in [6, 6.07) is 16.9. The second-order valence-corrected chi connectivity index (χ2v) is 8.43. The number of H-pyrrole nitrogens is 1. The fourth-order valence-electron chi connectivity index (χ4n) is 5.16. The molecule has 2 atom stereocenters. The summed E-state index contributed by atoms with van der Waals surface area (Å²) in [5.74, 6) is 2.64. The Kier molecular flexibility index (Phi) is 4.84. The molecule has 30 heavy (non-hydrogen) atoms. The highest BCUT2D eigenvalue weighted by molar-refractivity contribution is 5.94. The molecule has 4 heteroatoms. The minimum atomic E-state index is -0.259. The molecule has 0 saturated carbocycles. The van der Waals surface area contributed by atoms with Crippen molar-refractivity contribution in [1.29, 1.82) is 0 Å². The van der Waals surface area contributed by atoms with Crippen molar-refractivity contribution in [2.24, 2.45) is 0 Å². The summed E-state index contributed by atoms with van der Waals surface area (Å²) in [5, 5.41) is 1.23. The number of carbonyl (C=O) groups is 1. The van der Waals surface area contributed by atoms with E-state index in [0.717, 1.165) is 49.3 Å². The molecule has 1 N–H and O–H groups in total. The number of benzene rings is 2. The summed E-state index contributed by atoms with van der Waals surface area (Å²) in [7, 11) is 0. The lowest BCUT2D eigenvalue weighted by atomic mass is 9.86. The van der Waals surface area contributed by atoms with E-state index in [1.165, 1.54) is 16.5 Å². The van der Waals surface area contributed by atoms with Crippen LogP contribution in [0.25, 0.3) is 10.9 Å². The third-order valence-corrected chi connectivity index (χ3v) is 6.68. The molecule has 3 aromatic rings. The molecule has 1 amide bonds. The Morgan fingerprint density at radius 2 is 1.80 bits per heavy atom. The highest BCUT2D eigenvalue weighted by Crippen LogP contribution is 2.41. The molecular formula is C26H26N2O2. The maximum absolute atomic E-state index is 12.8. The molecule has 0 radical (unpaired) electrons. The predicted octanol–water partition coefficient (Wildman–Crippen LogP) is 4.56. The number of rotatable bonds is 2. The van der Waals surface area contributed by atoms with E-state index < -0.39 is 0 Å². The molecule has 152 valence electrons. The van der Waals surface area contributed by atoms with Crippen LogP contribution in [0.15, 0.2) is 48.5 Å². The van der Waals surface area contributed by atoms with Crippen molar-refractivity contribution in [3.63, 3.8) is 0 Å². The van der Waals surface area contributed by atoms with Crippen molar-refractivity contribution >= 4 is 16.8 Å². The Morgan fingerprint density at radius 3 is 2.53 bits per heavy atom. The van der Waals surface area contributed by atoms with Crippen molar-refractivity contribution in [2.45, 2.75) is 44.2 Å². The van der Waals surface area contributed by atoms with E-state index in [1.807, 2.05) is 11.0 Å². The third kappa shape index (κ3) is 3.11. The average Bonchev–Trinajstić information content (AvgIpc) is 3.16. The number of hydrogen-bond donors (Lipinski definition) is 1. The predicted molar refractivity (Wildman–Crippen MR) is 118 cm³/mol. The van der Waals surface area contributed by atoms with Gasteiger partial charge in [0.15, 0.2) is 0 Å². The van der Waals surface area contributed by atoms with Crippen molar-refractivity contribution in [2.75, 3.05) is 13.2 Å². The van der Waals surface area contributed by atoms with E-state index in [2.05, 4.69) is 60.3 Å². The molecule has 2 aromatic carbocycles. The molecule has 0 unspecified atom stereocenters. The zero-order chi connectivity index (χ0) is 20.7. The summed E-state index contributed by atoms with van der Waals surface area (Å²) in [5.41, 5.74) is 5.91. The number of aromatic nitrogens is 1. The molecule has 5 rings (SSSR count). The van der Waals surface area contributed by atoms with Crippen LogP contribution in [0.1, 0.15) is 54.1 Å². The number of para-hydroxylation sites is 1. The summed E-state index contributed by atoms with van der Waals surface area (Å²) < 4.78 is 5.51. The Bertz CT molecular complexity index is 1120. The SMILES string of the molecule is C#CC(=O)N1[C@@H](c2ccc(C3CCOCC3)cc2)c2[nH]c3ccccc3c2C[C@@H]1C. The van der Waals surface area contributed by atoms with Gasteiger partial charge in [0.1, 0.15) is 0 Å². The molecule has 4 nitrogen and oxygen atoms in total. The van der Waals surface area contributed by atoms with Gasteiger partial charge in [0.25, 0.3) is 5.91 Å². The van der Waals surface area contributed by atoms with Gasteiger partial charge in [0.05, 0.1) is 6.04 Å². The zero-order valence-corrected chi connectivity index (χ0v) is 17.2. The number of nitrogens with one attached hydrogen (secondary N) is 1. The summed E-state index contributed by atoms with van der Waals surface area (Å²) in [4.78, 5) is 18.2. The first-order valence-corrected chi connectivity index (χ1v) is 10.7. The molecule has 0 bridgehead atoms. The number of hydrogen-bond acceptors (Lipinski definition) is 2. The van der Waals surface area contributed by atoms with Gasteiger partial charge in [-0.15, -0.1) is 6.42 Å². The molecule has 0 spiro atoms. The summed E-state index contributed by atoms with van der Waals surface area (Å²) in [6.45, 7) is 3.74. The molecule has 2 aliphatic rings. The minimum absolute atomic E-state index is 0.0282. The van der Waals surface area contributed by atoms with Crippen LogP contribution in [-0.4, -0.2) is 35.0 Å². The van der Waals surface area contributed by atoms with Gasteiger partial charge >= 0.3 is 0 Å². The minimum Gasteiger partial charge on any atom is -0.381 e. The third-order valence-electron chi connectivity index (χ3n) is 6.68. The van der Waals surface area contributed by atoms with Crippen LogP contribution in [0.4, 0.5) is 0 Å². The van der Waals surface area contributed by atoms with Crippen molar-refractivity contribution in [1.82, 2.24) is 9.88 Å². The maximum atomic E-state index is 12.8. The zero-order valence-electron chi connectivity index (χ0n) is 17.2. The van der Waals surface area contributed by atoms with Gasteiger partial charge in [-0.3, -0.25) is 4.79 Å². The van der Waals surface area contributed by atoms with Gasteiger partial charge in [-0.25, -0.2) is 0 Å². The first kappa shape index (κ1) is 19.0. The van der Waals surface area contributed by atoms with E-state index in [9.17, 15) is 4.79 Å². The molecule has 1 aromatic heterocycles. The van der Waals surface area contributed by atoms with Crippen molar-refractivity contribution in [3.8, 4) is 12.3 Å². The van der Waals surface area contributed by atoms with E-state index in [1.54, 1.807) is 0 Å². The molecule has 3 heterocycles. The summed E-state index contributed by atoms with van der Waals surface area (Å²) >= 11 is 0. The van der Waals surface area contributed by atoms with E-state index in [0.29, 0.717) is 5.92 Å². The van der Waals surface area contributed by atoms with Gasteiger partial charge in [-0.1, -0.05) is 42.5 Å². The second kappa shape index (κ2) is 7.66. The fourth-order valence-corrected chi connectivity index (χ4v) is 5.16. The van der Waals surface area contributed by atoms with E-state index in [-0.39, 0.29) is 18.0 Å².